The van der Waals surface area contributed by atoms with E-state index in [1.165, 1.54) is 0 Å². The van der Waals surface area contributed by atoms with E-state index in [1.807, 2.05) is 7.05 Å². The molecular formula is C17H31N7O3. The number of nitrogens with two attached hydrogens (primary N) is 3. The van der Waals surface area contributed by atoms with Crippen LogP contribution in [-0.4, -0.2) is 95.1 Å². The molecule has 4 unspecified atom stereocenters. The number of carbonyl (C=O) groups is 3. The summed E-state index contributed by atoms with van der Waals surface area (Å²) in [7, 11) is 1.99. The summed E-state index contributed by atoms with van der Waals surface area (Å²) < 4.78 is 0. The van der Waals surface area contributed by atoms with Crippen LogP contribution in [0.15, 0.2) is 0 Å². The van der Waals surface area contributed by atoms with Crippen molar-refractivity contribution in [2.75, 3.05) is 33.2 Å². The van der Waals surface area contributed by atoms with Gasteiger partial charge in [-0.15, -0.1) is 0 Å². The molecule has 3 saturated heterocycles. The van der Waals surface area contributed by atoms with Gasteiger partial charge in [0.1, 0.15) is 0 Å². The average molecular weight is 381 g/mol. The minimum absolute atomic E-state index is 0.124. The fourth-order valence-electron chi connectivity index (χ4n) is 5.17. The highest BCUT2D eigenvalue weighted by Gasteiger charge is 2.47. The molecule has 0 spiro atoms. The van der Waals surface area contributed by atoms with Gasteiger partial charge in [-0.2, -0.15) is 0 Å². The zero-order chi connectivity index (χ0) is 19.7. The number of hydrogen-bond acceptors (Lipinski definition) is 4. The Bertz CT molecular complexity index is 601. The maximum Gasteiger partial charge on any atom is 0.315 e. The Morgan fingerprint density at radius 3 is 1.85 bits per heavy atom. The second kappa shape index (κ2) is 7.79. The number of nitrogens with zero attached hydrogens (tertiary/aromatic N) is 4. The van der Waals surface area contributed by atoms with E-state index in [0.29, 0.717) is 19.6 Å². The van der Waals surface area contributed by atoms with Crippen LogP contribution in [0.5, 0.6) is 0 Å². The topological polar surface area (TPSA) is 142 Å². The van der Waals surface area contributed by atoms with E-state index in [1.54, 1.807) is 14.7 Å². The first kappa shape index (κ1) is 19.5. The molecule has 6 amide bonds. The van der Waals surface area contributed by atoms with Crippen molar-refractivity contribution in [1.29, 1.82) is 0 Å². The molecule has 152 valence electrons. The number of carbonyl (C=O) groups excluding carboxylic acids is 3. The van der Waals surface area contributed by atoms with Crippen LogP contribution in [0.4, 0.5) is 14.4 Å². The van der Waals surface area contributed by atoms with Crippen molar-refractivity contribution in [1.82, 2.24) is 19.6 Å². The fourth-order valence-corrected chi connectivity index (χ4v) is 5.17. The molecule has 0 radical (unpaired) electrons. The normalized spacial score (nSPS) is 32.6. The molecule has 6 N–H and O–H groups in total. The molecule has 27 heavy (non-hydrogen) atoms. The van der Waals surface area contributed by atoms with Crippen LogP contribution in [0.1, 0.15) is 32.1 Å². The Kier molecular flexibility index (Phi) is 5.64. The Morgan fingerprint density at radius 1 is 0.704 bits per heavy atom. The van der Waals surface area contributed by atoms with E-state index < -0.39 is 18.1 Å². The molecule has 0 aromatic heterocycles. The molecule has 0 aliphatic carbocycles. The summed E-state index contributed by atoms with van der Waals surface area (Å²) in [6, 6.07) is -2.18. The van der Waals surface area contributed by atoms with E-state index in [9.17, 15) is 14.4 Å². The van der Waals surface area contributed by atoms with Gasteiger partial charge in [-0.3, -0.25) is 0 Å². The van der Waals surface area contributed by atoms with Crippen molar-refractivity contribution < 1.29 is 14.4 Å². The summed E-state index contributed by atoms with van der Waals surface area (Å²) in [4.78, 5) is 43.5. The lowest BCUT2D eigenvalue weighted by Gasteiger charge is -2.51. The van der Waals surface area contributed by atoms with Crippen LogP contribution in [0.2, 0.25) is 0 Å². The maximum absolute atomic E-state index is 12.5. The number of piperidine rings is 1. The largest absolute Gasteiger partial charge is 0.351 e. The molecule has 10 nitrogen and oxygen atoms in total. The van der Waals surface area contributed by atoms with E-state index in [-0.39, 0.29) is 24.2 Å². The zero-order valence-corrected chi connectivity index (χ0v) is 15.9. The number of hydrogen-bond donors (Lipinski definition) is 3. The van der Waals surface area contributed by atoms with Gasteiger partial charge in [0, 0.05) is 26.2 Å². The van der Waals surface area contributed by atoms with Gasteiger partial charge in [0.2, 0.25) is 0 Å². The summed E-state index contributed by atoms with van der Waals surface area (Å²) in [5.41, 5.74) is 17.0. The van der Waals surface area contributed by atoms with Crippen LogP contribution in [0, 0.1) is 0 Å². The molecular weight excluding hydrogens is 350 g/mol. The molecule has 3 heterocycles. The molecule has 0 aromatic rings. The van der Waals surface area contributed by atoms with E-state index in [2.05, 4.69) is 4.90 Å². The number of urea groups is 3. The van der Waals surface area contributed by atoms with Crippen LogP contribution in [0.25, 0.3) is 0 Å². The average Bonchev–Trinajstić information content (AvgIpc) is 3.10. The quantitative estimate of drug-likeness (QED) is 0.594. The van der Waals surface area contributed by atoms with Crippen molar-refractivity contribution in [3.8, 4) is 0 Å². The van der Waals surface area contributed by atoms with Crippen molar-refractivity contribution >= 4 is 18.1 Å². The number of likely N-dealkylation sites (N-methyl/N-ethyl adjacent to an activating group) is 1. The minimum atomic E-state index is -0.515. The molecule has 0 aromatic carbocycles. The van der Waals surface area contributed by atoms with Gasteiger partial charge in [0.05, 0.1) is 24.2 Å². The lowest BCUT2D eigenvalue weighted by molar-refractivity contribution is 0.00873. The highest BCUT2D eigenvalue weighted by atomic mass is 16.2. The van der Waals surface area contributed by atoms with Crippen molar-refractivity contribution in [3.05, 3.63) is 0 Å². The van der Waals surface area contributed by atoms with Crippen LogP contribution >= 0.6 is 0 Å². The van der Waals surface area contributed by atoms with Gasteiger partial charge in [-0.1, -0.05) is 0 Å². The van der Waals surface area contributed by atoms with Crippen molar-refractivity contribution in [2.45, 2.75) is 56.3 Å². The molecule has 0 bridgehead atoms. The van der Waals surface area contributed by atoms with Gasteiger partial charge >= 0.3 is 18.1 Å². The van der Waals surface area contributed by atoms with Gasteiger partial charge in [0.15, 0.2) is 0 Å². The Morgan fingerprint density at radius 2 is 1.26 bits per heavy atom. The third-order valence-corrected chi connectivity index (χ3v) is 6.34. The number of amides is 6. The second-order valence-electron chi connectivity index (χ2n) is 7.91. The monoisotopic (exact) mass is 381 g/mol. The van der Waals surface area contributed by atoms with Crippen molar-refractivity contribution in [2.24, 2.45) is 17.2 Å². The smallest absolute Gasteiger partial charge is 0.315 e. The predicted octanol–water partition coefficient (Wildman–Crippen LogP) is -0.474. The Balaban J connectivity index is 1.89. The van der Waals surface area contributed by atoms with E-state index in [0.717, 1.165) is 38.6 Å². The minimum Gasteiger partial charge on any atom is -0.351 e. The maximum atomic E-state index is 12.5. The number of piperazine rings is 1. The van der Waals surface area contributed by atoms with Crippen LogP contribution in [-0.2, 0) is 0 Å². The predicted molar refractivity (Wildman–Crippen MR) is 99.7 cm³/mol. The highest BCUT2D eigenvalue weighted by molar-refractivity contribution is 5.75. The molecule has 10 heteroatoms. The Hall–Kier alpha value is -2.23. The molecule has 3 aliphatic rings. The fraction of sp³-hybridized carbons (Fsp3) is 0.824. The zero-order valence-electron chi connectivity index (χ0n) is 15.9. The van der Waals surface area contributed by atoms with E-state index >= 15 is 0 Å². The van der Waals surface area contributed by atoms with Gasteiger partial charge in [-0.05, 0) is 39.2 Å². The molecule has 3 rings (SSSR count). The summed E-state index contributed by atoms with van der Waals surface area (Å²) in [6.45, 7) is 2.51. The number of rotatable bonds is 2. The lowest BCUT2D eigenvalue weighted by atomic mass is 9.86. The molecule has 3 fully saturated rings. The third-order valence-electron chi connectivity index (χ3n) is 6.34. The Labute approximate surface area is 159 Å². The van der Waals surface area contributed by atoms with Crippen LogP contribution in [0.3, 0.4) is 0 Å². The van der Waals surface area contributed by atoms with Gasteiger partial charge < -0.3 is 36.8 Å². The lowest BCUT2D eigenvalue weighted by Crippen LogP contribution is -2.68. The first-order valence-electron chi connectivity index (χ1n) is 9.69. The van der Waals surface area contributed by atoms with Gasteiger partial charge in [0.25, 0.3) is 0 Å². The third kappa shape index (κ3) is 3.76. The SMILES string of the molecule is CN1CCN(C(N)=O)C(C2CCCC(C3CCCN3C(N)=O)N2C(N)=O)C1. The first-order chi connectivity index (χ1) is 12.8. The van der Waals surface area contributed by atoms with Gasteiger partial charge in [-0.25, -0.2) is 14.4 Å². The van der Waals surface area contributed by atoms with E-state index in [4.69, 9.17) is 17.2 Å². The molecule has 0 saturated carbocycles. The molecule has 3 aliphatic heterocycles. The first-order valence-corrected chi connectivity index (χ1v) is 9.69. The number of primary amides is 3. The van der Waals surface area contributed by atoms with Crippen LogP contribution < -0.4 is 17.2 Å². The standard InChI is InChI=1S/C17H31N7O3/c1-21-8-9-23(16(19)26)14(10-21)13-5-2-4-12(24(13)17(20)27)11-6-3-7-22(11)15(18)25/h11-14H,2-10H2,1H3,(H2,18,25)(H2,19,26)(H2,20,27). The summed E-state index contributed by atoms with van der Waals surface area (Å²) >= 11 is 0. The number of likely N-dealkylation sites (tertiary alicyclic amines) is 2. The second-order valence-corrected chi connectivity index (χ2v) is 7.91. The molecule has 4 atom stereocenters. The van der Waals surface area contributed by atoms with Crippen molar-refractivity contribution in [3.63, 3.8) is 0 Å². The summed E-state index contributed by atoms with van der Waals surface area (Å²) in [5, 5.41) is 0. The summed E-state index contributed by atoms with van der Waals surface area (Å²) in [5.74, 6) is 0. The highest BCUT2D eigenvalue weighted by Crippen LogP contribution is 2.34. The summed E-state index contributed by atoms with van der Waals surface area (Å²) in [6.07, 6.45) is 4.09.